The maximum Gasteiger partial charge on any atom is 0.143 e. The lowest BCUT2D eigenvalue weighted by Gasteiger charge is -2.06. The summed E-state index contributed by atoms with van der Waals surface area (Å²) in [4.78, 5) is 4.00. The fourth-order valence-electron chi connectivity index (χ4n) is 0.887. The van der Waals surface area contributed by atoms with Crippen molar-refractivity contribution in [1.29, 1.82) is 0 Å². The smallest absolute Gasteiger partial charge is 0.143 e. The van der Waals surface area contributed by atoms with Gasteiger partial charge in [0.2, 0.25) is 0 Å². The Morgan fingerprint density at radius 3 is 3.33 bits per heavy atom. The monoisotopic (exact) mass is 170 g/mol. The van der Waals surface area contributed by atoms with Gasteiger partial charge in [-0.3, -0.25) is 4.98 Å². The highest BCUT2D eigenvalue weighted by Crippen LogP contribution is 2.15. The quantitative estimate of drug-likeness (QED) is 0.688. The summed E-state index contributed by atoms with van der Waals surface area (Å²) in [6, 6.07) is 3.46. The summed E-state index contributed by atoms with van der Waals surface area (Å²) in [5, 5.41) is 0. The molecule has 3 nitrogen and oxygen atoms in total. The minimum Gasteiger partial charge on any atom is -0.492 e. The highest BCUT2D eigenvalue weighted by Gasteiger charge is 2.01. The van der Waals surface area contributed by atoms with Gasteiger partial charge in [-0.15, -0.1) is 0 Å². The Kier molecular flexibility index (Phi) is 2.18. The van der Waals surface area contributed by atoms with Crippen molar-refractivity contribution in [2.75, 3.05) is 13.6 Å². The highest BCUT2D eigenvalue weighted by molar-refractivity contribution is 5.26. The van der Waals surface area contributed by atoms with E-state index in [4.69, 9.17) is 8.85 Å². The lowest BCUT2D eigenvalue weighted by molar-refractivity contribution is 0.176. The maximum absolute atomic E-state index is 6.90. The van der Waals surface area contributed by atoms with Crippen LogP contribution in [0.4, 0.5) is 0 Å². The van der Waals surface area contributed by atoms with Gasteiger partial charge in [-0.2, -0.15) is 0 Å². The molecule has 3 heteroatoms. The van der Waals surface area contributed by atoms with E-state index in [1.54, 1.807) is 18.3 Å². The molecule has 0 N–H and O–H groups in total. The summed E-state index contributed by atoms with van der Waals surface area (Å²) in [5.41, 5.74) is 0.496. The maximum atomic E-state index is 6.90. The van der Waals surface area contributed by atoms with Gasteiger partial charge in [0, 0.05) is 13.2 Å². The van der Waals surface area contributed by atoms with Crippen LogP contribution in [0.3, 0.4) is 0 Å². The van der Waals surface area contributed by atoms with Gasteiger partial charge in [-0.25, -0.2) is 0 Å². The number of methoxy groups -OCH3 is 1. The minimum atomic E-state index is -2.40. The number of hydrogen-bond acceptors (Lipinski definition) is 3. The first-order valence-electron chi connectivity index (χ1n) is 5.23. The Labute approximate surface area is 76.6 Å². The van der Waals surface area contributed by atoms with Gasteiger partial charge in [-0.1, -0.05) is 0 Å². The van der Waals surface area contributed by atoms with Crippen molar-refractivity contribution in [3.63, 3.8) is 0 Å². The topological polar surface area (TPSA) is 31.4 Å². The van der Waals surface area contributed by atoms with Crippen molar-refractivity contribution in [3.05, 3.63) is 24.0 Å². The van der Waals surface area contributed by atoms with E-state index in [2.05, 4.69) is 9.72 Å². The molecule has 0 bridgehead atoms. The molecule has 0 saturated carbocycles. The van der Waals surface area contributed by atoms with Crippen LogP contribution in [0.25, 0.3) is 0 Å². The summed E-state index contributed by atoms with van der Waals surface area (Å²) in [6.07, 6.45) is 1.57. The number of rotatable bonds is 4. The molecule has 12 heavy (non-hydrogen) atoms. The number of hydrogen-bond donors (Lipinski definition) is 0. The Morgan fingerprint density at radius 1 is 1.67 bits per heavy atom. The molecule has 0 aliphatic carbocycles. The van der Waals surface area contributed by atoms with Crippen LogP contribution >= 0.6 is 0 Å². The Balaban J connectivity index is 2.67. The van der Waals surface area contributed by atoms with E-state index < -0.39 is 7.04 Å². The fourth-order valence-corrected chi connectivity index (χ4v) is 0.887. The molecule has 1 heterocycles. The van der Waals surface area contributed by atoms with Gasteiger partial charge in [0.1, 0.15) is 11.4 Å². The van der Waals surface area contributed by atoms with E-state index >= 15 is 0 Å². The predicted octanol–water partition coefficient (Wildman–Crippen LogP) is 1.63. The van der Waals surface area contributed by atoms with Gasteiger partial charge >= 0.3 is 0 Å². The van der Waals surface area contributed by atoms with Crippen molar-refractivity contribution < 1.29 is 13.6 Å². The molecule has 0 aromatic carbocycles. The molecule has 66 valence electrons. The van der Waals surface area contributed by atoms with Crippen LogP contribution < -0.4 is 4.74 Å². The van der Waals surface area contributed by atoms with Crippen LogP contribution in [-0.2, 0) is 11.3 Å². The fraction of sp³-hybridized carbons (Fsp3) is 0.444. The Morgan fingerprint density at radius 2 is 2.58 bits per heavy atom. The zero-order chi connectivity index (χ0) is 11.3. The molecular formula is C9H13NO2. The summed E-state index contributed by atoms with van der Waals surface area (Å²) in [5.74, 6) is 0.559. The number of ether oxygens (including phenoxy) is 2. The molecule has 1 aromatic heterocycles. The molecule has 0 aliphatic heterocycles. The lowest BCUT2D eigenvalue weighted by Crippen LogP contribution is -1.99. The first kappa shape index (κ1) is 5.54. The molecular weight excluding hydrogens is 154 g/mol. The second-order valence-corrected chi connectivity index (χ2v) is 2.17. The van der Waals surface area contributed by atoms with Crippen molar-refractivity contribution in [2.45, 2.75) is 13.5 Å². The molecule has 0 aliphatic rings. The van der Waals surface area contributed by atoms with E-state index in [0.717, 1.165) is 0 Å². The number of pyridine rings is 1. The third kappa shape index (κ3) is 2.20. The van der Waals surface area contributed by atoms with Crippen molar-refractivity contribution in [3.8, 4) is 5.75 Å². The average molecular weight is 170 g/mol. The predicted molar refractivity (Wildman–Crippen MR) is 46.1 cm³/mol. The van der Waals surface area contributed by atoms with Gasteiger partial charge in [-0.05, 0) is 19.1 Å². The van der Waals surface area contributed by atoms with E-state index in [9.17, 15) is 0 Å². The van der Waals surface area contributed by atoms with E-state index in [0.29, 0.717) is 18.1 Å². The molecule has 0 amide bonds. The van der Waals surface area contributed by atoms with Crippen LogP contribution in [0.15, 0.2) is 18.3 Å². The first-order valence-corrected chi connectivity index (χ1v) is 3.73. The minimum absolute atomic E-state index is 0.0767. The first-order chi connectivity index (χ1) is 7.03. The molecule has 1 aromatic rings. The zero-order valence-electron chi connectivity index (χ0n) is 9.91. The van der Waals surface area contributed by atoms with E-state index in [1.807, 2.05) is 6.92 Å². The van der Waals surface area contributed by atoms with E-state index in [1.165, 1.54) is 0 Å². The Hall–Kier alpha value is -1.09. The SMILES string of the molecule is [2H]C([2H])([2H])OCc1ncccc1OCC. The molecule has 0 radical (unpaired) electrons. The number of aromatic nitrogens is 1. The molecule has 0 fully saturated rings. The molecule has 0 spiro atoms. The van der Waals surface area contributed by atoms with Crippen LogP contribution in [0.1, 0.15) is 16.7 Å². The summed E-state index contributed by atoms with van der Waals surface area (Å²) in [7, 11) is -2.40. The van der Waals surface area contributed by atoms with Crippen molar-refractivity contribution in [1.82, 2.24) is 4.98 Å². The normalized spacial score (nSPS) is 14.6. The second-order valence-electron chi connectivity index (χ2n) is 2.17. The van der Waals surface area contributed by atoms with Crippen molar-refractivity contribution >= 4 is 0 Å². The second kappa shape index (κ2) is 4.72. The van der Waals surface area contributed by atoms with Gasteiger partial charge < -0.3 is 9.47 Å². The van der Waals surface area contributed by atoms with Crippen LogP contribution in [0.2, 0.25) is 0 Å². The van der Waals surface area contributed by atoms with Gasteiger partial charge in [0.25, 0.3) is 0 Å². The van der Waals surface area contributed by atoms with E-state index in [-0.39, 0.29) is 6.61 Å². The third-order valence-electron chi connectivity index (χ3n) is 1.36. The molecule has 0 atom stereocenters. The van der Waals surface area contributed by atoms with Crippen molar-refractivity contribution in [2.24, 2.45) is 0 Å². The van der Waals surface area contributed by atoms with Crippen LogP contribution in [0.5, 0.6) is 5.75 Å². The lowest BCUT2D eigenvalue weighted by atomic mass is 10.3. The van der Waals surface area contributed by atoms with Crippen LogP contribution in [-0.4, -0.2) is 18.6 Å². The number of nitrogens with zero attached hydrogens (tertiary/aromatic N) is 1. The zero-order valence-corrected chi connectivity index (χ0v) is 6.91. The summed E-state index contributed by atoms with van der Waals surface area (Å²) >= 11 is 0. The molecule has 1 rings (SSSR count). The van der Waals surface area contributed by atoms with Crippen LogP contribution in [0, 0.1) is 0 Å². The summed E-state index contributed by atoms with van der Waals surface area (Å²) < 4.78 is 30.6. The largest absolute Gasteiger partial charge is 0.492 e. The average Bonchev–Trinajstić information content (AvgIpc) is 2.16. The Bertz CT molecular complexity index is 314. The standard InChI is InChI=1S/C9H13NO2/c1-3-12-9-5-4-6-10-8(9)7-11-2/h4-6H,3,7H2,1-2H3/i2D3. The third-order valence-corrected chi connectivity index (χ3v) is 1.36. The molecule has 0 saturated heterocycles. The van der Waals surface area contributed by atoms with Gasteiger partial charge in [0.15, 0.2) is 0 Å². The highest BCUT2D eigenvalue weighted by atomic mass is 16.5. The summed E-state index contributed by atoms with van der Waals surface area (Å²) in [6.45, 7) is 2.28. The molecule has 0 unspecified atom stereocenters. The van der Waals surface area contributed by atoms with Gasteiger partial charge in [0.05, 0.1) is 17.3 Å².